The molecule has 2 aromatic carbocycles. The molecule has 2 heteroatoms. The average molecular weight is 539 g/mol. The molecule has 2 aromatic rings. The normalized spacial score (nSPS) is 37.4. The zero-order chi connectivity index (χ0) is 27.9. The van der Waals surface area contributed by atoms with Crippen molar-refractivity contribution in [2.24, 2.45) is 46.3 Å². The molecule has 0 aromatic heterocycles. The molecule has 0 amide bonds. The molecule has 4 aliphatic rings. The van der Waals surface area contributed by atoms with Crippen LogP contribution in [0.3, 0.4) is 0 Å². The average Bonchev–Trinajstić information content (AvgIpc) is 3.31. The fraction of sp³-hybridized carbons (Fsp3) is 0.605. The Labute approximate surface area is 243 Å². The predicted molar refractivity (Wildman–Crippen MR) is 165 cm³/mol. The van der Waals surface area contributed by atoms with E-state index in [1.54, 1.807) is 6.92 Å². The number of hydrogen-bond acceptors (Lipinski definition) is 2. The van der Waals surface area contributed by atoms with Crippen molar-refractivity contribution in [1.82, 2.24) is 0 Å². The number of fused-ring (bicyclic) bond motifs is 5. The SMILES string of the molecule is CC(=O)O[C@H]1CC[C@@]2(C)[C@@H](CC[C@H]3[C@H]2CC[C@]2(C)[C@@H]3CC[C@H]2[C@@H](C)CC=C(c2ccccc2)c2ccccc2)C1. The number of carbonyl (C=O) groups is 1. The molecule has 0 unspecified atom stereocenters. The van der Waals surface area contributed by atoms with Gasteiger partial charge in [0, 0.05) is 6.92 Å². The first-order chi connectivity index (χ1) is 19.3. The highest BCUT2D eigenvalue weighted by atomic mass is 16.5. The van der Waals surface area contributed by atoms with Crippen LogP contribution in [0, 0.1) is 46.3 Å². The van der Waals surface area contributed by atoms with E-state index in [4.69, 9.17) is 4.74 Å². The van der Waals surface area contributed by atoms with Gasteiger partial charge in [-0.25, -0.2) is 0 Å². The summed E-state index contributed by atoms with van der Waals surface area (Å²) in [4.78, 5) is 11.6. The van der Waals surface area contributed by atoms with Crippen LogP contribution in [-0.2, 0) is 9.53 Å². The van der Waals surface area contributed by atoms with Crippen molar-refractivity contribution in [1.29, 1.82) is 0 Å². The second-order valence-corrected chi connectivity index (χ2v) is 14.5. The molecule has 4 fully saturated rings. The first-order valence-electron chi connectivity index (χ1n) is 16.3. The monoisotopic (exact) mass is 538 g/mol. The van der Waals surface area contributed by atoms with E-state index in [-0.39, 0.29) is 12.1 Å². The van der Waals surface area contributed by atoms with E-state index in [1.165, 1.54) is 61.6 Å². The highest BCUT2D eigenvalue weighted by Gasteiger charge is 2.60. The summed E-state index contributed by atoms with van der Waals surface area (Å²) in [6.45, 7) is 9.43. The highest BCUT2D eigenvalue weighted by Crippen LogP contribution is 2.68. The maximum atomic E-state index is 11.6. The van der Waals surface area contributed by atoms with Crippen molar-refractivity contribution < 1.29 is 9.53 Å². The molecule has 0 bridgehead atoms. The number of benzene rings is 2. The lowest BCUT2D eigenvalue weighted by atomic mass is 9.44. The van der Waals surface area contributed by atoms with Gasteiger partial charge in [-0.3, -0.25) is 4.79 Å². The summed E-state index contributed by atoms with van der Waals surface area (Å²) in [5.41, 5.74) is 4.95. The fourth-order valence-electron chi connectivity index (χ4n) is 10.6. The molecule has 0 aliphatic heterocycles. The number of allylic oxidation sites excluding steroid dienone is 1. The summed E-state index contributed by atoms with van der Waals surface area (Å²) in [7, 11) is 0. The van der Waals surface area contributed by atoms with Gasteiger partial charge in [0.2, 0.25) is 0 Å². The Hall–Kier alpha value is -2.35. The van der Waals surface area contributed by atoms with Gasteiger partial charge in [-0.1, -0.05) is 87.5 Å². The van der Waals surface area contributed by atoms with Crippen LogP contribution in [0.15, 0.2) is 66.7 Å². The fourth-order valence-corrected chi connectivity index (χ4v) is 10.6. The van der Waals surface area contributed by atoms with E-state index in [1.807, 2.05) is 0 Å². The number of rotatable bonds is 6. The molecule has 4 saturated carbocycles. The van der Waals surface area contributed by atoms with Gasteiger partial charge in [0.25, 0.3) is 0 Å². The summed E-state index contributed by atoms with van der Waals surface area (Å²) < 4.78 is 5.70. The minimum atomic E-state index is -0.101. The first-order valence-corrected chi connectivity index (χ1v) is 16.3. The number of esters is 1. The Balaban J connectivity index is 1.18. The van der Waals surface area contributed by atoms with Crippen LogP contribution >= 0.6 is 0 Å². The second-order valence-electron chi connectivity index (χ2n) is 14.5. The summed E-state index contributed by atoms with van der Waals surface area (Å²) in [5.74, 6) is 4.77. The highest BCUT2D eigenvalue weighted by molar-refractivity contribution is 5.79. The van der Waals surface area contributed by atoms with Crippen molar-refractivity contribution >= 4 is 11.5 Å². The molecule has 214 valence electrons. The summed E-state index contributed by atoms with van der Waals surface area (Å²) in [6, 6.07) is 21.9. The largest absolute Gasteiger partial charge is 0.463 e. The van der Waals surface area contributed by atoms with Crippen LogP contribution in [0.1, 0.15) is 103 Å². The van der Waals surface area contributed by atoms with Crippen LogP contribution in [0.2, 0.25) is 0 Å². The summed E-state index contributed by atoms with van der Waals surface area (Å²) >= 11 is 0. The van der Waals surface area contributed by atoms with E-state index < -0.39 is 0 Å². The molecule has 0 radical (unpaired) electrons. The van der Waals surface area contributed by atoms with E-state index in [9.17, 15) is 4.79 Å². The molecule has 0 heterocycles. The Morgan fingerprint density at radius 2 is 1.48 bits per heavy atom. The number of hydrogen-bond donors (Lipinski definition) is 0. The smallest absolute Gasteiger partial charge is 0.302 e. The molecule has 2 nitrogen and oxygen atoms in total. The van der Waals surface area contributed by atoms with Gasteiger partial charge in [0.15, 0.2) is 0 Å². The molecule has 40 heavy (non-hydrogen) atoms. The van der Waals surface area contributed by atoms with Gasteiger partial charge in [-0.15, -0.1) is 0 Å². The standard InChI is InChI=1S/C38H50O2/c1-26(15-17-32(28-11-7-5-8-12-28)29-13-9-6-10-14-29)34-19-20-35-33-18-16-30-25-31(40-27(2)39)21-23-37(30,3)36(33)22-24-38(34,35)4/h5-14,17,26,30-31,33-36H,15-16,18-25H2,1-4H3/t26-,30-,31-,33+,34-,35+,36+,37-,38-/m0/s1. The molecular formula is C38H50O2. The van der Waals surface area contributed by atoms with Crippen molar-refractivity contribution in [3.63, 3.8) is 0 Å². The predicted octanol–water partition coefficient (Wildman–Crippen LogP) is 9.74. The zero-order valence-electron chi connectivity index (χ0n) is 25.3. The zero-order valence-corrected chi connectivity index (χ0v) is 25.3. The quantitative estimate of drug-likeness (QED) is 0.342. The van der Waals surface area contributed by atoms with Crippen LogP contribution < -0.4 is 0 Å². The third-order valence-electron chi connectivity index (χ3n) is 12.6. The minimum absolute atomic E-state index is 0.101. The maximum absolute atomic E-state index is 11.6. The van der Waals surface area contributed by atoms with Crippen molar-refractivity contribution in [2.45, 2.75) is 98.0 Å². The van der Waals surface area contributed by atoms with Crippen LogP contribution in [0.25, 0.3) is 5.57 Å². The van der Waals surface area contributed by atoms with Gasteiger partial charge < -0.3 is 4.74 Å². The van der Waals surface area contributed by atoms with Crippen molar-refractivity contribution in [3.8, 4) is 0 Å². The van der Waals surface area contributed by atoms with E-state index >= 15 is 0 Å². The summed E-state index contributed by atoms with van der Waals surface area (Å²) in [5, 5.41) is 0. The van der Waals surface area contributed by atoms with Crippen LogP contribution in [-0.4, -0.2) is 12.1 Å². The molecule has 0 saturated heterocycles. The molecule has 0 N–H and O–H groups in total. The van der Waals surface area contributed by atoms with Gasteiger partial charge in [-0.05, 0) is 127 Å². The maximum Gasteiger partial charge on any atom is 0.302 e. The summed E-state index contributed by atoms with van der Waals surface area (Å²) in [6.07, 6.45) is 15.6. The van der Waals surface area contributed by atoms with E-state index in [2.05, 4.69) is 87.5 Å². The topological polar surface area (TPSA) is 26.3 Å². The van der Waals surface area contributed by atoms with E-state index in [0.29, 0.717) is 16.7 Å². The van der Waals surface area contributed by atoms with Gasteiger partial charge in [0.1, 0.15) is 6.10 Å². The van der Waals surface area contributed by atoms with Gasteiger partial charge in [0.05, 0.1) is 0 Å². The van der Waals surface area contributed by atoms with E-state index in [0.717, 1.165) is 48.9 Å². The lowest BCUT2D eigenvalue weighted by Crippen LogP contribution is -2.54. The van der Waals surface area contributed by atoms with Crippen LogP contribution in [0.4, 0.5) is 0 Å². The molecule has 9 atom stereocenters. The van der Waals surface area contributed by atoms with Crippen LogP contribution in [0.5, 0.6) is 0 Å². The third kappa shape index (κ3) is 4.99. The molecule has 6 rings (SSSR count). The minimum Gasteiger partial charge on any atom is -0.463 e. The van der Waals surface area contributed by atoms with Crippen molar-refractivity contribution in [3.05, 3.63) is 77.9 Å². The first kappa shape index (κ1) is 27.8. The molecular weight excluding hydrogens is 488 g/mol. The van der Waals surface area contributed by atoms with Gasteiger partial charge in [-0.2, -0.15) is 0 Å². The Morgan fingerprint density at radius 3 is 2.12 bits per heavy atom. The lowest BCUT2D eigenvalue weighted by molar-refractivity contribution is -0.160. The lowest BCUT2D eigenvalue weighted by Gasteiger charge is -2.61. The van der Waals surface area contributed by atoms with Crippen molar-refractivity contribution in [2.75, 3.05) is 0 Å². The Kier molecular flexibility index (Phi) is 7.75. The number of ether oxygens (including phenoxy) is 1. The third-order valence-corrected chi connectivity index (χ3v) is 12.6. The van der Waals surface area contributed by atoms with Gasteiger partial charge >= 0.3 is 5.97 Å². The number of carbonyl (C=O) groups excluding carboxylic acids is 1. The molecule has 4 aliphatic carbocycles. The molecule has 0 spiro atoms. The second kappa shape index (κ2) is 11.1. The Bertz CT molecular complexity index is 1160. The Morgan fingerprint density at radius 1 is 0.850 bits per heavy atom.